The molecule has 3 aromatic rings. The Morgan fingerprint density at radius 1 is 1.34 bits per heavy atom. The van der Waals surface area contributed by atoms with Crippen LogP contribution in [0.15, 0.2) is 30.5 Å². The predicted molar refractivity (Wildman–Crippen MR) is 124 cm³/mol. The van der Waals surface area contributed by atoms with Crippen molar-refractivity contribution >= 4 is 16.9 Å². The quantitative estimate of drug-likeness (QED) is 0.519. The summed E-state index contributed by atoms with van der Waals surface area (Å²) >= 11 is 0. The number of anilines is 1. The highest BCUT2D eigenvalue weighted by Gasteiger charge is 2.43. The van der Waals surface area contributed by atoms with E-state index >= 15 is 0 Å². The molecule has 0 bridgehead atoms. The highest BCUT2D eigenvalue weighted by atomic mass is 19.4. The zero-order valence-electron chi connectivity index (χ0n) is 18.0. The number of nitrogens with two attached hydrogens (primary N) is 1. The van der Waals surface area contributed by atoms with Crippen LogP contribution < -0.4 is 10.6 Å². The summed E-state index contributed by atoms with van der Waals surface area (Å²) in [5, 5.41) is 17.4. The number of nitrogens with zero attached hydrogens (tertiary/aromatic N) is 4. The van der Waals surface area contributed by atoms with Crippen LogP contribution in [0.25, 0.3) is 22.4 Å². The van der Waals surface area contributed by atoms with Crippen LogP contribution in [0.5, 0.6) is 0 Å². The molecule has 0 amide bonds. The Kier molecular flexibility index (Phi) is 5.85. The number of nitrogens with one attached hydrogen (secondary N) is 1. The predicted octanol–water partition coefficient (Wildman–Crippen LogP) is 4.58. The van der Waals surface area contributed by atoms with Crippen molar-refractivity contribution in [3.8, 4) is 11.4 Å². The van der Waals surface area contributed by atoms with Gasteiger partial charge >= 0.3 is 6.18 Å². The zero-order chi connectivity index (χ0) is 23.1. The number of piperidine rings is 1. The van der Waals surface area contributed by atoms with E-state index < -0.39 is 17.2 Å². The van der Waals surface area contributed by atoms with Crippen LogP contribution in [0, 0.1) is 11.3 Å². The van der Waals surface area contributed by atoms with E-state index in [1.165, 1.54) is 12.3 Å². The Balaban J connectivity index is 0.00000306. The van der Waals surface area contributed by atoms with Crippen LogP contribution >= 0.6 is 0 Å². The fraction of sp³-hybridized carbons (Fsp3) is 0.500. The van der Waals surface area contributed by atoms with Gasteiger partial charge in [0.2, 0.25) is 0 Å². The van der Waals surface area contributed by atoms with Crippen LogP contribution in [0.3, 0.4) is 0 Å². The Bertz CT molecular complexity index is 1120. The second-order valence-electron chi connectivity index (χ2n) is 8.97. The SMILES string of the molecule is CC(C)CC1(CO)CN(c2ccc(C(F)(F)F)c(-c3[nH]nc4ncccc34)n2)CCC1N.[HH].[HH].[HH].[HH]. The molecule has 2 unspecified atom stereocenters. The molecule has 0 aliphatic carbocycles. The maximum atomic E-state index is 13.8. The molecular formula is C22H35F3N6O. The largest absolute Gasteiger partial charge is 0.418 e. The van der Waals surface area contributed by atoms with E-state index in [4.69, 9.17) is 5.73 Å². The van der Waals surface area contributed by atoms with E-state index in [1.54, 1.807) is 12.1 Å². The topological polar surface area (TPSA) is 104 Å². The summed E-state index contributed by atoms with van der Waals surface area (Å²) in [5.41, 5.74) is 5.27. The lowest BCUT2D eigenvalue weighted by Crippen LogP contribution is -2.58. The molecular weight excluding hydrogens is 421 g/mol. The van der Waals surface area contributed by atoms with Crippen LogP contribution in [-0.2, 0) is 6.18 Å². The number of alkyl halides is 3. The third kappa shape index (κ3) is 4.04. The lowest BCUT2D eigenvalue weighted by atomic mass is 9.71. The average Bonchev–Trinajstić information content (AvgIpc) is 3.18. The van der Waals surface area contributed by atoms with Crippen LogP contribution in [0.2, 0.25) is 0 Å². The van der Waals surface area contributed by atoms with E-state index in [-0.39, 0.29) is 29.7 Å². The van der Waals surface area contributed by atoms with Crippen molar-refractivity contribution in [2.24, 2.45) is 17.1 Å². The molecule has 0 saturated carbocycles. The Morgan fingerprint density at radius 2 is 2.12 bits per heavy atom. The molecule has 4 heterocycles. The summed E-state index contributed by atoms with van der Waals surface area (Å²) in [7, 11) is 0. The first-order valence-electron chi connectivity index (χ1n) is 10.6. The van der Waals surface area contributed by atoms with Crippen molar-refractivity contribution in [1.82, 2.24) is 20.2 Å². The highest BCUT2D eigenvalue weighted by molar-refractivity contribution is 5.90. The summed E-state index contributed by atoms with van der Waals surface area (Å²) < 4.78 is 41.5. The first kappa shape index (κ1) is 22.5. The molecule has 4 N–H and O–H groups in total. The maximum absolute atomic E-state index is 13.8. The van der Waals surface area contributed by atoms with Gasteiger partial charge in [-0.1, -0.05) is 13.8 Å². The normalized spacial score (nSPS) is 22.1. The lowest BCUT2D eigenvalue weighted by molar-refractivity contribution is -0.137. The van der Waals surface area contributed by atoms with Gasteiger partial charge in [-0.25, -0.2) is 9.97 Å². The number of fused-ring (bicyclic) bond motifs is 1. The number of aliphatic hydroxyl groups is 1. The molecule has 180 valence electrons. The van der Waals surface area contributed by atoms with Crippen molar-refractivity contribution in [1.29, 1.82) is 0 Å². The first-order chi connectivity index (χ1) is 15.1. The summed E-state index contributed by atoms with van der Waals surface area (Å²) in [4.78, 5) is 10.5. The molecule has 3 aromatic heterocycles. The second kappa shape index (κ2) is 8.32. The molecule has 0 aromatic carbocycles. The van der Waals surface area contributed by atoms with E-state index in [1.807, 2.05) is 4.90 Å². The molecule has 4 rings (SSSR count). The minimum atomic E-state index is -4.59. The third-order valence-corrected chi connectivity index (χ3v) is 6.21. The number of pyridine rings is 2. The monoisotopic (exact) mass is 456 g/mol. The van der Waals surface area contributed by atoms with E-state index in [9.17, 15) is 18.3 Å². The highest BCUT2D eigenvalue weighted by Crippen LogP contribution is 2.40. The van der Waals surface area contributed by atoms with Gasteiger partial charge in [0.05, 0.1) is 17.9 Å². The summed E-state index contributed by atoms with van der Waals surface area (Å²) in [6, 6.07) is 5.55. The van der Waals surface area contributed by atoms with Crippen molar-refractivity contribution in [3.63, 3.8) is 0 Å². The van der Waals surface area contributed by atoms with Gasteiger partial charge in [-0.05, 0) is 43.0 Å². The molecule has 1 saturated heterocycles. The fourth-order valence-corrected chi connectivity index (χ4v) is 4.71. The lowest BCUT2D eigenvalue weighted by Gasteiger charge is -2.47. The van der Waals surface area contributed by atoms with Gasteiger partial charge in [0, 0.05) is 41.8 Å². The number of aromatic nitrogens is 4. The molecule has 32 heavy (non-hydrogen) atoms. The summed E-state index contributed by atoms with van der Waals surface area (Å²) in [5.74, 6) is 0.723. The van der Waals surface area contributed by atoms with Crippen LogP contribution in [0.4, 0.5) is 19.0 Å². The third-order valence-electron chi connectivity index (χ3n) is 6.21. The van der Waals surface area contributed by atoms with Crippen LogP contribution in [0.1, 0.15) is 38.0 Å². The Labute approximate surface area is 189 Å². The van der Waals surface area contributed by atoms with Crippen molar-refractivity contribution < 1.29 is 24.0 Å². The molecule has 1 aliphatic rings. The molecule has 1 aliphatic heterocycles. The fourth-order valence-electron chi connectivity index (χ4n) is 4.71. The van der Waals surface area contributed by atoms with Crippen LogP contribution in [-0.4, -0.2) is 51.0 Å². The number of H-pyrrole nitrogens is 1. The molecule has 0 radical (unpaired) electrons. The average molecular weight is 457 g/mol. The minimum absolute atomic E-state index is 0. The van der Waals surface area contributed by atoms with E-state index in [0.717, 1.165) is 6.07 Å². The van der Waals surface area contributed by atoms with Gasteiger partial charge in [-0.15, -0.1) is 0 Å². The van der Waals surface area contributed by atoms with E-state index in [0.29, 0.717) is 48.7 Å². The van der Waals surface area contributed by atoms with Gasteiger partial charge in [0.1, 0.15) is 11.5 Å². The standard InChI is InChI=1S/C22H27F3N6O.4H2/c1-13(2)10-21(12-32)11-31(9-7-16(21)26)17-6-5-15(22(23,24)25)19(28-17)18-14-4-3-8-27-20(14)30-29-18;;;;/h3-6,8,13,16,32H,7,9-12,26H2,1-2H3,(H,27,29,30);4*1H. The number of hydrogen-bond donors (Lipinski definition) is 3. The van der Waals surface area contributed by atoms with Gasteiger partial charge in [-0.2, -0.15) is 18.3 Å². The zero-order valence-corrected chi connectivity index (χ0v) is 18.0. The number of rotatable bonds is 5. The number of aliphatic hydroxyl groups excluding tert-OH is 1. The summed E-state index contributed by atoms with van der Waals surface area (Å²) in [6.45, 7) is 5.01. The number of aromatic amines is 1. The first-order valence-corrected chi connectivity index (χ1v) is 10.6. The number of halogens is 3. The van der Waals surface area contributed by atoms with Crippen molar-refractivity contribution in [2.75, 3.05) is 24.6 Å². The maximum Gasteiger partial charge on any atom is 0.418 e. The Morgan fingerprint density at radius 3 is 2.81 bits per heavy atom. The van der Waals surface area contributed by atoms with Crippen molar-refractivity contribution in [3.05, 3.63) is 36.0 Å². The molecule has 0 spiro atoms. The second-order valence-corrected chi connectivity index (χ2v) is 8.97. The summed E-state index contributed by atoms with van der Waals surface area (Å²) in [6.07, 6.45) is -1.73. The minimum Gasteiger partial charge on any atom is -0.396 e. The van der Waals surface area contributed by atoms with Gasteiger partial charge in [0.25, 0.3) is 0 Å². The van der Waals surface area contributed by atoms with Crippen molar-refractivity contribution in [2.45, 2.75) is 38.9 Å². The van der Waals surface area contributed by atoms with Gasteiger partial charge < -0.3 is 15.7 Å². The number of hydrogen-bond acceptors (Lipinski definition) is 6. The Hall–Kier alpha value is -2.72. The van der Waals surface area contributed by atoms with Gasteiger partial charge in [-0.3, -0.25) is 5.10 Å². The molecule has 2 atom stereocenters. The molecule has 10 heteroatoms. The molecule has 7 nitrogen and oxygen atoms in total. The molecule has 1 fully saturated rings. The van der Waals surface area contributed by atoms with E-state index in [2.05, 4.69) is 34.0 Å². The smallest absolute Gasteiger partial charge is 0.396 e. The van der Waals surface area contributed by atoms with Gasteiger partial charge in [0.15, 0.2) is 5.65 Å².